The minimum Gasteiger partial charge on any atom is -0.497 e. The molecule has 29 heavy (non-hydrogen) atoms. The Labute approximate surface area is 169 Å². The highest BCUT2D eigenvalue weighted by atomic mass is 32.2. The molecule has 0 atom stereocenters. The van der Waals surface area contributed by atoms with E-state index in [0.29, 0.717) is 37.0 Å². The Bertz CT molecular complexity index is 1110. The number of methoxy groups -OCH3 is 2. The van der Waals surface area contributed by atoms with Gasteiger partial charge in [-0.2, -0.15) is 9.29 Å². The predicted octanol–water partition coefficient (Wildman–Crippen LogP) is 2.47. The predicted molar refractivity (Wildman–Crippen MR) is 105 cm³/mol. The van der Waals surface area contributed by atoms with E-state index < -0.39 is 10.0 Å². The molecule has 0 saturated carbocycles. The first-order valence-electron chi connectivity index (χ1n) is 9.10. The lowest BCUT2D eigenvalue weighted by Gasteiger charge is -2.35. The number of nitrogens with zero attached hydrogens (tertiary/aromatic N) is 3. The Kier molecular flexibility index (Phi) is 5.25. The first-order chi connectivity index (χ1) is 14.0. The van der Waals surface area contributed by atoms with Crippen LogP contribution in [0.25, 0.3) is 0 Å². The van der Waals surface area contributed by atoms with Gasteiger partial charge in [-0.25, -0.2) is 8.42 Å². The van der Waals surface area contributed by atoms with Gasteiger partial charge in [-0.15, -0.1) is 0 Å². The van der Waals surface area contributed by atoms with Crippen LogP contribution in [-0.2, 0) is 16.4 Å². The first kappa shape index (κ1) is 19.4. The Morgan fingerprint density at radius 3 is 2.66 bits per heavy atom. The van der Waals surface area contributed by atoms with E-state index >= 15 is 0 Å². The van der Waals surface area contributed by atoms with Crippen LogP contribution >= 0.6 is 0 Å². The van der Waals surface area contributed by atoms with E-state index in [0.717, 1.165) is 11.3 Å². The number of sulfonamides is 1. The molecule has 1 aliphatic heterocycles. The molecule has 8 nitrogen and oxygen atoms in total. The molecule has 0 bridgehead atoms. The minimum absolute atomic E-state index is 0.116. The summed E-state index contributed by atoms with van der Waals surface area (Å²) in [4.78, 5) is 4.65. The van der Waals surface area contributed by atoms with Gasteiger partial charge in [-0.1, -0.05) is 29.4 Å². The summed E-state index contributed by atoms with van der Waals surface area (Å²) in [5.41, 5.74) is 0.957. The smallest absolute Gasteiger partial charge is 0.243 e. The van der Waals surface area contributed by atoms with Crippen LogP contribution < -0.4 is 9.47 Å². The number of para-hydroxylation sites is 1. The van der Waals surface area contributed by atoms with E-state index in [1.807, 2.05) is 24.3 Å². The molecule has 0 radical (unpaired) electrons. The highest BCUT2D eigenvalue weighted by Crippen LogP contribution is 2.32. The average molecular weight is 415 g/mol. The van der Waals surface area contributed by atoms with Crippen molar-refractivity contribution in [2.75, 3.05) is 27.3 Å². The van der Waals surface area contributed by atoms with Gasteiger partial charge in [0.25, 0.3) is 0 Å². The zero-order valence-corrected chi connectivity index (χ0v) is 16.9. The fourth-order valence-electron chi connectivity index (χ4n) is 3.23. The summed E-state index contributed by atoms with van der Waals surface area (Å²) >= 11 is 0. The lowest BCUT2D eigenvalue weighted by Crippen LogP contribution is -2.48. The van der Waals surface area contributed by atoms with Crippen LogP contribution in [-0.4, -0.2) is 50.2 Å². The van der Waals surface area contributed by atoms with E-state index in [9.17, 15) is 8.42 Å². The maximum Gasteiger partial charge on any atom is 0.243 e. The summed E-state index contributed by atoms with van der Waals surface area (Å²) in [7, 11) is -0.459. The monoisotopic (exact) mass is 415 g/mol. The molecule has 0 N–H and O–H groups in total. The third-order valence-electron chi connectivity index (χ3n) is 4.90. The van der Waals surface area contributed by atoms with Crippen molar-refractivity contribution in [2.45, 2.75) is 17.2 Å². The summed E-state index contributed by atoms with van der Waals surface area (Å²) in [6.07, 6.45) is 0.478. The number of aromatic nitrogens is 2. The van der Waals surface area contributed by atoms with Crippen molar-refractivity contribution in [1.82, 2.24) is 14.4 Å². The SMILES string of the molecule is COc1cccc(S(=O)(=O)N2CC(c3nc(Cc4ccccc4OC)no3)C2)c1. The van der Waals surface area contributed by atoms with Gasteiger partial charge in [-0.3, -0.25) is 0 Å². The van der Waals surface area contributed by atoms with E-state index in [2.05, 4.69) is 10.1 Å². The summed E-state index contributed by atoms with van der Waals surface area (Å²) in [5.74, 6) is 2.14. The van der Waals surface area contributed by atoms with Crippen LogP contribution in [0.3, 0.4) is 0 Å². The highest BCUT2D eigenvalue weighted by molar-refractivity contribution is 7.89. The molecule has 1 fully saturated rings. The normalized spacial score (nSPS) is 15.1. The molecular weight excluding hydrogens is 394 g/mol. The Hall–Kier alpha value is -2.91. The summed E-state index contributed by atoms with van der Waals surface area (Å²) in [6.45, 7) is 0.603. The fraction of sp³-hybridized carbons (Fsp3) is 0.300. The van der Waals surface area contributed by atoms with Crippen molar-refractivity contribution in [3.8, 4) is 11.5 Å². The van der Waals surface area contributed by atoms with Gasteiger partial charge < -0.3 is 14.0 Å². The van der Waals surface area contributed by atoms with Gasteiger partial charge in [0.2, 0.25) is 15.9 Å². The molecule has 152 valence electrons. The second-order valence-electron chi connectivity index (χ2n) is 6.74. The van der Waals surface area contributed by atoms with Gasteiger partial charge in [-0.05, 0) is 18.2 Å². The molecule has 4 rings (SSSR count). The molecule has 0 amide bonds. The van der Waals surface area contributed by atoms with Gasteiger partial charge >= 0.3 is 0 Å². The van der Waals surface area contributed by atoms with Crippen LogP contribution in [0.2, 0.25) is 0 Å². The molecule has 2 heterocycles. The van der Waals surface area contributed by atoms with Gasteiger partial charge in [0, 0.05) is 31.1 Å². The molecule has 0 aliphatic carbocycles. The van der Waals surface area contributed by atoms with Crippen LogP contribution in [0.1, 0.15) is 23.2 Å². The fourth-order valence-corrected chi connectivity index (χ4v) is 4.79. The Morgan fingerprint density at radius 1 is 1.10 bits per heavy atom. The molecular formula is C20H21N3O5S. The lowest BCUT2D eigenvalue weighted by molar-refractivity contribution is 0.216. The van der Waals surface area contributed by atoms with Crippen LogP contribution in [0.4, 0.5) is 0 Å². The second kappa shape index (κ2) is 7.84. The third kappa shape index (κ3) is 3.83. The summed E-state index contributed by atoms with van der Waals surface area (Å²) < 4.78 is 42.8. The molecule has 0 spiro atoms. The molecule has 1 saturated heterocycles. The van der Waals surface area contributed by atoms with Gasteiger partial charge in [0.1, 0.15) is 11.5 Å². The molecule has 9 heteroatoms. The summed E-state index contributed by atoms with van der Waals surface area (Å²) in [5, 5.41) is 4.03. The van der Waals surface area contributed by atoms with Crippen LogP contribution in [0, 0.1) is 0 Å². The summed E-state index contributed by atoms with van der Waals surface area (Å²) in [6, 6.07) is 14.1. The van der Waals surface area contributed by atoms with Crippen molar-refractivity contribution in [1.29, 1.82) is 0 Å². The zero-order valence-electron chi connectivity index (χ0n) is 16.1. The van der Waals surface area contributed by atoms with Crippen molar-refractivity contribution in [3.63, 3.8) is 0 Å². The standard InChI is InChI=1S/C20H21N3O5S/c1-26-16-7-5-8-17(11-16)29(24,25)23-12-15(13-23)20-21-19(22-28-20)10-14-6-3-4-9-18(14)27-2/h3-9,11,15H,10,12-13H2,1-2H3. The lowest BCUT2D eigenvalue weighted by atomic mass is 10.0. The minimum atomic E-state index is -3.58. The topological polar surface area (TPSA) is 94.8 Å². The molecule has 2 aromatic carbocycles. The molecule has 3 aromatic rings. The van der Waals surface area contributed by atoms with Crippen molar-refractivity contribution in [2.24, 2.45) is 0 Å². The number of hydrogen-bond donors (Lipinski definition) is 0. The van der Waals surface area contributed by atoms with Crippen molar-refractivity contribution in [3.05, 3.63) is 65.8 Å². The maximum atomic E-state index is 12.8. The zero-order chi connectivity index (χ0) is 20.4. The molecule has 1 aliphatic rings. The first-order valence-corrected chi connectivity index (χ1v) is 10.5. The number of benzene rings is 2. The Morgan fingerprint density at radius 2 is 1.90 bits per heavy atom. The van der Waals surface area contributed by atoms with E-state index in [-0.39, 0.29) is 10.8 Å². The quantitative estimate of drug-likeness (QED) is 0.585. The number of hydrogen-bond acceptors (Lipinski definition) is 7. The van der Waals surface area contributed by atoms with Crippen molar-refractivity contribution >= 4 is 10.0 Å². The van der Waals surface area contributed by atoms with Gasteiger partial charge in [0.15, 0.2) is 5.82 Å². The third-order valence-corrected chi connectivity index (χ3v) is 6.73. The molecule has 1 aromatic heterocycles. The van der Waals surface area contributed by atoms with E-state index in [1.54, 1.807) is 25.3 Å². The highest BCUT2D eigenvalue weighted by Gasteiger charge is 2.40. The number of rotatable bonds is 7. The van der Waals surface area contributed by atoms with E-state index in [4.69, 9.17) is 14.0 Å². The maximum absolute atomic E-state index is 12.8. The van der Waals surface area contributed by atoms with Crippen molar-refractivity contribution < 1.29 is 22.4 Å². The largest absolute Gasteiger partial charge is 0.497 e. The van der Waals surface area contributed by atoms with E-state index in [1.165, 1.54) is 17.5 Å². The number of ether oxygens (including phenoxy) is 2. The second-order valence-corrected chi connectivity index (χ2v) is 8.67. The van der Waals surface area contributed by atoms with Gasteiger partial charge in [0.05, 0.1) is 25.0 Å². The van der Waals surface area contributed by atoms with Crippen LogP contribution in [0.15, 0.2) is 57.9 Å². The van der Waals surface area contributed by atoms with Crippen LogP contribution in [0.5, 0.6) is 11.5 Å². The Balaban J connectivity index is 1.42. The average Bonchev–Trinajstić information content (AvgIpc) is 3.15. The molecule has 0 unspecified atom stereocenters.